The van der Waals surface area contributed by atoms with Gasteiger partial charge in [-0.1, -0.05) is 21.1 Å². The van der Waals surface area contributed by atoms with Crippen LogP contribution in [0.25, 0.3) is 0 Å². The third-order valence-electron chi connectivity index (χ3n) is 2.48. The van der Waals surface area contributed by atoms with Crippen molar-refractivity contribution in [2.75, 3.05) is 11.9 Å². The number of carbonyl (C=O) groups excluding carboxylic acids is 1. The summed E-state index contributed by atoms with van der Waals surface area (Å²) in [6, 6.07) is 7.01. The SMILES string of the molecule is N#Cc1ccc(Br)cc1NC(=O)c1cn(CCN)nn1. The molecule has 1 amide bonds. The van der Waals surface area contributed by atoms with E-state index in [1.54, 1.807) is 18.2 Å². The maximum absolute atomic E-state index is 12.0. The van der Waals surface area contributed by atoms with Crippen LogP contribution < -0.4 is 11.1 Å². The largest absolute Gasteiger partial charge is 0.329 e. The molecule has 3 N–H and O–H groups in total. The predicted octanol–water partition coefficient (Wildman–Crippen LogP) is 1.12. The monoisotopic (exact) mass is 334 g/mol. The van der Waals surface area contributed by atoms with Gasteiger partial charge in [-0.25, -0.2) is 0 Å². The number of benzene rings is 1. The van der Waals surface area contributed by atoms with Gasteiger partial charge in [-0.2, -0.15) is 5.26 Å². The number of anilines is 1. The molecule has 0 aliphatic rings. The number of hydrogen-bond donors (Lipinski definition) is 2. The third kappa shape index (κ3) is 3.20. The predicted molar refractivity (Wildman–Crippen MR) is 75.9 cm³/mol. The molecule has 2 rings (SSSR count). The van der Waals surface area contributed by atoms with E-state index in [0.29, 0.717) is 24.3 Å². The van der Waals surface area contributed by atoms with Crippen LogP contribution in [0.5, 0.6) is 0 Å². The lowest BCUT2D eigenvalue weighted by atomic mass is 10.2. The van der Waals surface area contributed by atoms with Gasteiger partial charge in [-0.3, -0.25) is 9.48 Å². The second-order valence-electron chi connectivity index (χ2n) is 3.91. The topological polar surface area (TPSA) is 110 Å². The first-order valence-electron chi connectivity index (χ1n) is 5.75. The number of nitrogens with one attached hydrogen (secondary N) is 1. The lowest BCUT2D eigenvalue weighted by Gasteiger charge is -2.05. The Bertz CT molecular complexity index is 675. The Morgan fingerprint density at radius 2 is 2.35 bits per heavy atom. The number of halogens is 1. The number of nitriles is 1. The van der Waals surface area contributed by atoms with Gasteiger partial charge in [0.15, 0.2) is 5.69 Å². The van der Waals surface area contributed by atoms with Gasteiger partial charge in [0, 0.05) is 11.0 Å². The van der Waals surface area contributed by atoms with Gasteiger partial charge in [0.05, 0.1) is 24.0 Å². The summed E-state index contributed by atoms with van der Waals surface area (Å²) in [5.74, 6) is -0.428. The first-order valence-corrected chi connectivity index (χ1v) is 6.54. The summed E-state index contributed by atoms with van der Waals surface area (Å²) in [4.78, 5) is 12.0. The van der Waals surface area contributed by atoms with Crippen LogP contribution in [0, 0.1) is 11.3 Å². The molecule has 0 spiro atoms. The fourth-order valence-corrected chi connectivity index (χ4v) is 1.91. The first kappa shape index (κ1) is 14.2. The quantitative estimate of drug-likeness (QED) is 0.870. The van der Waals surface area contributed by atoms with Gasteiger partial charge in [-0.05, 0) is 18.2 Å². The molecule has 0 unspecified atom stereocenters. The molecule has 0 radical (unpaired) electrons. The van der Waals surface area contributed by atoms with Gasteiger partial charge in [-0.15, -0.1) is 5.10 Å². The molecule has 20 heavy (non-hydrogen) atoms. The zero-order valence-corrected chi connectivity index (χ0v) is 12.0. The molecule has 1 aromatic carbocycles. The number of rotatable bonds is 4. The second-order valence-corrected chi connectivity index (χ2v) is 4.83. The minimum Gasteiger partial charge on any atom is -0.329 e. The summed E-state index contributed by atoms with van der Waals surface area (Å²) in [6.07, 6.45) is 1.51. The molecule has 0 fully saturated rings. The van der Waals surface area contributed by atoms with Gasteiger partial charge < -0.3 is 11.1 Å². The van der Waals surface area contributed by atoms with E-state index in [4.69, 9.17) is 11.0 Å². The first-order chi connectivity index (χ1) is 9.63. The maximum Gasteiger partial charge on any atom is 0.277 e. The fraction of sp³-hybridized carbons (Fsp3) is 0.167. The van der Waals surface area contributed by atoms with Crippen molar-refractivity contribution in [1.82, 2.24) is 15.0 Å². The van der Waals surface area contributed by atoms with Crippen LogP contribution in [0.2, 0.25) is 0 Å². The molecular formula is C12H11BrN6O. The summed E-state index contributed by atoms with van der Waals surface area (Å²) >= 11 is 3.29. The molecule has 0 aliphatic heterocycles. The van der Waals surface area contributed by atoms with Crippen molar-refractivity contribution in [3.63, 3.8) is 0 Å². The van der Waals surface area contributed by atoms with Crippen molar-refractivity contribution in [1.29, 1.82) is 5.26 Å². The van der Waals surface area contributed by atoms with Crippen LogP contribution >= 0.6 is 15.9 Å². The Balaban J connectivity index is 2.19. The molecule has 102 valence electrons. The number of amides is 1. The highest BCUT2D eigenvalue weighted by Gasteiger charge is 2.13. The molecule has 0 saturated carbocycles. The van der Waals surface area contributed by atoms with Crippen LogP contribution in [0.3, 0.4) is 0 Å². The summed E-state index contributed by atoms with van der Waals surface area (Å²) in [5, 5.41) is 19.2. The maximum atomic E-state index is 12.0. The van der Waals surface area contributed by atoms with Gasteiger partial charge in [0.1, 0.15) is 6.07 Å². The van der Waals surface area contributed by atoms with Crippen molar-refractivity contribution in [2.45, 2.75) is 6.54 Å². The Kier molecular flexibility index (Phi) is 4.45. The van der Waals surface area contributed by atoms with E-state index in [-0.39, 0.29) is 5.69 Å². The molecule has 0 bridgehead atoms. The van der Waals surface area contributed by atoms with Crippen LogP contribution in [-0.2, 0) is 6.54 Å². The highest BCUT2D eigenvalue weighted by molar-refractivity contribution is 9.10. The number of hydrogen-bond acceptors (Lipinski definition) is 5. The van der Waals surface area contributed by atoms with Crippen LogP contribution in [0.15, 0.2) is 28.9 Å². The fourth-order valence-electron chi connectivity index (χ4n) is 1.55. The summed E-state index contributed by atoms with van der Waals surface area (Å²) in [5.41, 5.74) is 6.35. The number of carbonyl (C=O) groups is 1. The minimum absolute atomic E-state index is 0.169. The second kappa shape index (κ2) is 6.27. The van der Waals surface area contributed by atoms with Crippen molar-refractivity contribution in [3.05, 3.63) is 40.1 Å². The average Bonchev–Trinajstić information content (AvgIpc) is 2.88. The Morgan fingerprint density at radius 1 is 1.55 bits per heavy atom. The van der Waals surface area contributed by atoms with E-state index in [1.165, 1.54) is 10.9 Å². The summed E-state index contributed by atoms with van der Waals surface area (Å²) in [6.45, 7) is 0.898. The average molecular weight is 335 g/mol. The number of aromatic nitrogens is 3. The summed E-state index contributed by atoms with van der Waals surface area (Å²) in [7, 11) is 0. The Hall–Kier alpha value is -2.24. The highest BCUT2D eigenvalue weighted by atomic mass is 79.9. The van der Waals surface area contributed by atoms with E-state index in [1.807, 2.05) is 6.07 Å². The Labute approximate surface area is 123 Å². The number of nitrogens with zero attached hydrogens (tertiary/aromatic N) is 4. The molecule has 0 aliphatic carbocycles. The molecule has 1 aromatic heterocycles. The van der Waals surface area contributed by atoms with Crippen molar-refractivity contribution in [2.24, 2.45) is 5.73 Å². The third-order valence-corrected chi connectivity index (χ3v) is 2.97. The zero-order chi connectivity index (χ0) is 14.5. The van der Waals surface area contributed by atoms with Crippen molar-refractivity contribution >= 4 is 27.5 Å². The normalized spacial score (nSPS) is 10.1. The van der Waals surface area contributed by atoms with Gasteiger partial charge >= 0.3 is 0 Å². The molecule has 8 heteroatoms. The Morgan fingerprint density at radius 3 is 3.05 bits per heavy atom. The smallest absolute Gasteiger partial charge is 0.277 e. The standard InChI is InChI=1S/C12H11BrN6O/c13-9-2-1-8(6-15)10(5-9)16-12(20)11-7-19(4-3-14)18-17-11/h1-2,5,7H,3-4,14H2,(H,16,20). The molecule has 1 heterocycles. The lowest BCUT2D eigenvalue weighted by molar-refractivity contribution is 0.102. The van der Waals surface area contributed by atoms with E-state index in [9.17, 15) is 4.79 Å². The van der Waals surface area contributed by atoms with E-state index >= 15 is 0 Å². The van der Waals surface area contributed by atoms with E-state index in [0.717, 1.165) is 4.47 Å². The number of nitrogens with two attached hydrogens (primary N) is 1. The van der Waals surface area contributed by atoms with Crippen LogP contribution in [0.1, 0.15) is 16.1 Å². The van der Waals surface area contributed by atoms with Crippen molar-refractivity contribution in [3.8, 4) is 6.07 Å². The lowest BCUT2D eigenvalue weighted by Crippen LogP contribution is -2.13. The van der Waals surface area contributed by atoms with E-state index in [2.05, 4.69) is 31.6 Å². The van der Waals surface area contributed by atoms with Crippen molar-refractivity contribution < 1.29 is 4.79 Å². The molecule has 0 saturated heterocycles. The van der Waals surface area contributed by atoms with Gasteiger partial charge in [0.2, 0.25) is 0 Å². The highest BCUT2D eigenvalue weighted by Crippen LogP contribution is 2.21. The van der Waals surface area contributed by atoms with Crippen LogP contribution in [0.4, 0.5) is 5.69 Å². The molecule has 7 nitrogen and oxygen atoms in total. The summed E-state index contributed by atoms with van der Waals surface area (Å²) < 4.78 is 2.25. The molecule has 2 aromatic rings. The van der Waals surface area contributed by atoms with Crippen LogP contribution in [-0.4, -0.2) is 27.4 Å². The van der Waals surface area contributed by atoms with E-state index < -0.39 is 5.91 Å². The minimum atomic E-state index is -0.428. The van der Waals surface area contributed by atoms with Gasteiger partial charge in [0.25, 0.3) is 5.91 Å². The molecule has 0 atom stereocenters. The molecular weight excluding hydrogens is 324 g/mol. The zero-order valence-electron chi connectivity index (χ0n) is 10.4.